The van der Waals surface area contributed by atoms with Crippen molar-refractivity contribution in [2.24, 2.45) is 7.05 Å². The molecule has 0 atom stereocenters. The predicted molar refractivity (Wildman–Crippen MR) is 54.6 cm³/mol. The van der Waals surface area contributed by atoms with Crippen LogP contribution in [0, 0.1) is 6.92 Å². The van der Waals surface area contributed by atoms with Gasteiger partial charge in [0.2, 0.25) is 0 Å². The van der Waals surface area contributed by atoms with E-state index in [4.69, 9.17) is 5.11 Å². The summed E-state index contributed by atoms with van der Waals surface area (Å²) < 4.78 is 1.84. The van der Waals surface area contributed by atoms with Crippen LogP contribution in [0.15, 0.2) is 24.4 Å². The van der Waals surface area contributed by atoms with Crippen molar-refractivity contribution in [3.05, 3.63) is 35.5 Å². The molecule has 0 saturated carbocycles. The second-order valence-corrected chi connectivity index (χ2v) is 3.48. The summed E-state index contributed by atoms with van der Waals surface area (Å²) in [7, 11) is 1.86. The molecule has 2 aromatic rings. The number of carbonyl (C=O) groups is 1. The van der Waals surface area contributed by atoms with Crippen molar-refractivity contribution < 1.29 is 9.90 Å². The van der Waals surface area contributed by atoms with Crippen molar-refractivity contribution in [1.29, 1.82) is 0 Å². The fraction of sp³-hybridized carbons (Fsp3) is 0.182. The van der Waals surface area contributed by atoms with Crippen LogP contribution in [0.2, 0.25) is 0 Å². The van der Waals surface area contributed by atoms with Crippen LogP contribution in [-0.4, -0.2) is 15.6 Å². The van der Waals surface area contributed by atoms with Gasteiger partial charge in [-0.2, -0.15) is 0 Å². The van der Waals surface area contributed by atoms with Crippen molar-refractivity contribution in [3.63, 3.8) is 0 Å². The number of rotatable bonds is 1. The molecule has 0 unspecified atom stereocenters. The van der Waals surface area contributed by atoms with E-state index in [2.05, 4.69) is 0 Å². The molecule has 1 aromatic heterocycles. The molecule has 3 nitrogen and oxygen atoms in total. The summed E-state index contributed by atoms with van der Waals surface area (Å²) in [4.78, 5) is 10.9. The van der Waals surface area contributed by atoms with E-state index in [-0.39, 0.29) is 0 Å². The Hall–Kier alpha value is -1.77. The minimum atomic E-state index is -0.876. The predicted octanol–water partition coefficient (Wildman–Crippen LogP) is 2.18. The maximum absolute atomic E-state index is 10.9. The average molecular weight is 189 g/mol. The van der Waals surface area contributed by atoms with Gasteiger partial charge in [0.05, 0.1) is 5.56 Å². The summed E-state index contributed by atoms with van der Waals surface area (Å²) in [5.74, 6) is -0.876. The largest absolute Gasteiger partial charge is 0.478 e. The van der Waals surface area contributed by atoms with Gasteiger partial charge in [-0.15, -0.1) is 0 Å². The van der Waals surface area contributed by atoms with Gasteiger partial charge in [-0.25, -0.2) is 4.79 Å². The number of aromatic carboxylic acids is 1. The molecule has 1 N–H and O–H groups in total. The van der Waals surface area contributed by atoms with E-state index in [0.717, 1.165) is 16.5 Å². The zero-order chi connectivity index (χ0) is 10.3. The number of carboxylic acids is 1. The van der Waals surface area contributed by atoms with Crippen molar-refractivity contribution in [1.82, 2.24) is 4.57 Å². The summed E-state index contributed by atoms with van der Waals surface area (Å²) in [6.07, 6.45) is 1.65. The molecule has 0 fully saturated rings. The van der Waals surface area contributed by atoms with Gasteiger partial charge >= 0.3 is 5.97 Å². The van der Waals surface area contributed by atoms with Crippen LogP contribution in [0.3, 0.4) is 0 Å². The van der Waals surface area contributed by atoms with E-state index in [1.54, 1.807) is 6.20 Å². The lowest BCUT2D eigenvalue weighted by Gasteiger charge is -1.96. The minimum absolute atomic E-state index is 0.363. The first kappa shape index (κ1) is 8.81. The molecular weight excluding hydrogens is 178 g/mol. The van der Waals surface area contributed by atoms with Gasteiger partial charge in [-0.05, 0) is 18.6 Å². The van der Waals surface area contributed by atoms with Crippen molar-refractivity contribution in [2.45, 2.75) is 6.92 Å². The lowest BCUT2D eigenvalue weighted by Crippen LogP contribution is -1.93. The van der Waals surface area contributed by atoms with E-state index in [0.29, 0.717) is 5.56 Å². The quantitative estimate of drug-likeness (QED) is 0.747. The van der Waals surface area contributed by atoms with Gasteiger partial charge in [0.15, 0.2) is 0 Å². The number of hydrogen-bond donors (Lipinski definition) is 1. The normalized spacial score (nSPS) is 10.7. The first-order chi connectivity index (χ1) is 6.59. The zero-order valence-corrected chi connectivity index (χ0v) is 8.11. The fourth-order valence-corrected chi connectivity index (χ4v) is 1.66. The van der Waals surface area contributed by atoms with Gasteiger partial charge in [0.25, 0.3) is 0 Å². The second kappa shape index (κ2) is 2.87. The van der Waals surface area contributed by atoms with Crippen molar-refractivity contribution >= 4 is 16.9 Å². The van der Waals surface area contributed by atoms with E-state index in [9.17, 15) is 4.79 Å². The van der Waals surface area contributed by atoms with Crippen LogP contribution in [0.1, 0.15) is 15.9 Å². The Kier molecular flexibility index (Phi) is 1.81. The van der Waals surface area contributed by atoms with E-state index in [1.807, 2.05) is 36.7 Å². The minimum Gasteiger partial charge on any atom is -0.478 e. The molecule has 72 valence electrons. The molecule has 0 aliphatic heterocycles. The van der Waals surface area contributed by atoms with Crippen LogP contribution in [0.25, 0.3) is 10.9 Å². The summed E-state index contributed by atoms with van der Waals surface area (Å²) in [5, 5.41) is 9.75. The molecule has 14 heavy (non-hydrogen) atoms. The SMILES string of the molecule is Cc1ccc2c(C(=O)O)cn(C)c2c1. The Morgan fingerprint density at radius 1 is 1.43 bits per heavy atom. The Morgan fingerprint density at radius 3 is 2.79 bits per heavy atom. The average Bonchev–Trinajstić information content (AvgIpc) is 2.44. The fourth-order valence-electron chi connectivity index (χ4n) is 1.66. The van der Waals surface area contributed by atoms with Crippen LogP contribution in [0.4, 0.5) is 0 Å². The maximum atomic E-state index is 10.9. The molecule has 1 heterocycles. The number of benzene rings is 1. The van der Waals surface area contributed by atoms with Crippen molar-refractivity contribution in [2.75, 3.05) is 0 Å². The first-order valence-electron chi connectivity index (χ1n) is 4.38. The third kappa shape index (κ3) is 1.18. The third-order valence-electron chi connectivity index (χ3n) is 2.38. The standard InChI is InChI=1S/C11H11NO2/c1-7-3-4-8-9(11(13)14)6-12(2)10(8)5-7/h3-6H,1-2H3,(H,13,14). The van der Waals surface area contributed by atoms with Crippen LogP contribution >= 0.6 is 0 Å². The first-order valence-corrected chi connectivity index (χ1v) is 4.38. The van der Waals surface area contributed by atoms with E-state index in [1.165, 1.54) is 0 Å². The summed E-state index contributed by atoms with van der Waals surface area (Å²) >= 11 is 0. The van der Waals surface area contributed by atoms with Crippen LogP contribution < -0.4 is 0 Å². The Labute approximate surface area is 81.6 Å². The Balaban J connectivity index is 2.84. The van der Waals surface area contributed by atoms with Gasteiger partial charge in [0, 0.05) is 24.1 Å². The smallest absolute Gasteiger partial charge is 0.337 e. The third-order valence-corrected chi connectivity index (χ3v) is 2.38. The molecular formula is C11H11NO2. The summed E-state index contributed by atoms with van der Waals surface area (Å²) in [6.45, 7) is 1.99. The number of hydrogen-bond acceptors (Lipinski definition) is 1. The number of nitrogens with zero attached hydrogens (tertiary/aromatic N) is 1. The summed E-state index contributed by atoms with van der Waals surface area (Å²) in [5.41, 5.74) is 2.46. The lowest BCUT2D eigenvalue weighted by molar-refractivity contribution is 0.0699. The van der Waals surface area contributed by atoms with Gasteiger partial charge < -0.3 is 9.67 Å². The lowest BCUT2D eigenvalue weighted by atomic mass is 10.1. The van der Waals surface area contributed by atoms with E-state index >= 15 is 0 Å². The Morgan fingerprint density at radius 2 is 2.14 bits per heavy atom. The monoisotopic (exact) mass is 189 g/mol. The zero-order valence-electron chi connectivity index (χ0n) is 8.11. The number of carboxylic acid groups (broad SMARTS) is 1. The maximum Gasteiger partial charge on any atom is 0.337 e. The molecule has 0 aliphatic carbocycles. The topological polar surface area (TPSA) is 42.2 Å². The molecule has 2 rings (SSSR count). The molecule has 0 radical (unpaired) electrons. The number of aryl methyl sites for hydroxylation is 2. The van der Waals surface area contributed by atoms with Crippen LogP contribution in [-0.2, 0) is 7.05 Å². The molecule has 0 spiro atoms. The van der Waals surface area contributed by atoms with E-state index < -0.39 is 5.97 Å². The molecule has 3 heteroatoms. The molecule has 1 aromatic carbocycles. The van der Waals surface area contributed by atoms with Gasteiger partial charge in [-0.1, -0.05) is 12.1 Å². The Bertz CT molecular complexity index is 511. The van der Waals surface area contributed by atoms with Crippen molar-refractivity contribution in [3.8, 4) is 0 Å². The molecule has 0 amide bonds. The highest BCUT2D eigenvalue weighted by Crippen LogP contribution is 2.21. The van der Waals surface area contributed by atoms with Gasteiger partial charge in [-0.3, -0.25) is 0 Å². The molecule has 0 aliphatic rings. The molecule has 0 bridgehead atoms. The van der Waals surface area contributed by atoms with Crippen LogP contribution in [0.5, 0.6) is 0 Å². The highest BCUT2D eigenvalue weighted by molar-refractivity contribution is 6.03. The highest BCUT2D eigenvalue weighted by Gasteiger charge is 2.11. The van der Waals surface area contributed by atoms with Gasteiger partial charge in [0.1, 0.15) is 0 Å². The highest BCUT2D eigenvalue weighted by atomic mass is 16.4. The summed E-state index contributed by atoms with van der Waals surface area (Å²) in [6, 6.07) is 5.77. The number of aromatic nitrogens is 1. The molecule has 0 saturated heterocycles. The number of fused-ring (bicyclic) bond motifs is 1. The second-order valence-electron chi connectivity index (χ2n) is 3.48.